The van der Waals surface area contributed by atoms with Crippen molar-refractivity contribution >= 4 is 22.8 Å². The normalized spacial score (nSPS) is 27.4. The van der Waals surface area contributed by atoms with Crippen molar-refractivity contribution in [2.45, 2.75) is 76.9 Å². The molecular weight excluding hydrogens is 432 g/mol. The molecule has 2 aromatic rings. The van der Waals surface area contributed by atoms with E-state index >= 15 is 0 Å². The molecule has 5 unspecified atom stereocenters. The number of amides is 3. The predicted molar refractivity (Wildman–Crippen MR) is 131 cm³/mol. The molecule has 8 nitrogen and oxygen atoms in total. The number of ether oxygens (including phenoxy) is 1. The van der Waals surface area contributed by atoms with Crippen LogP contribution < -0.4 is 16.2 Å². The first kappa shape index (κ1) is 24.4. The highest BCUT2D eigenvalue weighted by molar-refractivity contribution is 5.95. The second-order valence-electron chi connectivity index (χ2n) is 10.1. The van der Waals surface area contributed by atoms with Crippen LogP contribution in [0.25, 0.3) is 10.9 Å². The maximum Gasteiger partial charge on any atom is 0.321 e. The summed E-state index contributed by atoms with van der Waals surface area (Å²) in [5, 5.41) is 6.47. The van der Waals surface area contributed by atoms with Crippen LogP contribution in [0.2, 0.25) is 0 Å². The summed E-state index contributed by atoms with van der Waals surface area (Å²) >= 11 is 0. The van der Waals surface area contributed by atoms with Crippen LogP contribution in [0.15, 0.2) is 23.1 Å². The summed E-state index contributed by atoms with van der Waals surface area (Å²) in [6.45, 7) is 4.08. The van der Waals surface area contributed by atoms with Gasteiger partial charge < -0.3 is 14.6 Å². The van der Waals surface area contributed by atoms with Crippen LogP contribution in [-0.4, -0.2) is 40.7 Å². The molecule has 2 N–H and O–H groups in total. The first-order valence-corrected chi connectivity index (χ1v) is 12.4. The Morgan fingerprint density at radius 2 is 1.94 bits per heavy atom. The molecule has 2 fully saturated rings. The zero-order valence-electron chi connectivity index (χ0n) is 20.6. The lowest BCUT2D eigenvalue weighted by atomic mass is 9.74. The number of hydrogen-bond donors (Lipinski definition) is 2. The summed E-state index contributed by atoms with van der Waals surface area (Å²) in [6.07, 6.45) is 7.59. The molecule has 2 aliphatic carbocycles. The summed E-state index contributed by atoms with van der Waals surface area (Å²) < 4.78 is 7.10. The third-order valence-electron chi connectivity index (χ3n) is 7.77. The minimum absolute atomic E-state index is 0.000208. The maximum atomic E-state index is 13.2. The number of aryl methyl sites for hydroxylation is 2. The van der Waals surface area contributed by atoms with E-state index in [0.29, 0.717) is 18.8 Å². The summed E-state index contributed by atoms with van der Waals surface area (Å²) in [7, 11) is 3.47. The SMILES string of the molecule is COC1CCCC(C(=O)NC(=O)NC2CCC(C)C(c3cc4cnc(C)cc4n(C)c3=O)C2)C1. The fourth-order valence-electron chi connectivity index (χ4n) is 5.67. The van der Waals surface area contributed by atoms with Crippen molar-refractivity contribution in [2.24, 2.45) is 18.9 Å². The average molecular weight is 469 g/mol. The van der Waals surface area contributed by atoms with Gasteiger partial charge in [0, 0.05) is 49.0 Å². The number of nitrogens with one attached hydrogen (secondary N) is 2. The van der Waals surface area contributed by atoms with Gasteiger partial charge in [-0.3, -0.25) is 19.9 Å². The predicted octanol–water partition coefficient (Wildman–Crippen LogP) is 3.55. The van der Waals surface area contributed by atoms with Gasteiger partial charge in [-0.2, -0.15) is 0 Å². The number of nitrogens with zero attached hydrogens (tertiary/aromatic N) is 2. The Balaban J connectivity index is 1.44. The number of hydrogen-bond acceptors (Lipinski definition) is 5. The Morgan fingerprint density at radius 1 is 1.15 bits per heavy atom. The first-order valence-electron chi connectivity index (χ1n) is 12.4. The largest absolute Gasteiger partial charge is 0.381 e. The molecule has 2 aliphatic rings. The molecule has 0 radical (unpaired) electrons. The second-order valence-corrected chi connectivity index (χ2v) is 10.1. The summed E-state index contributed by atoms with van der Waals surface area (Å²) in [6, 6.07) is 3.35. The molecule has 0 aliphatic heterocycles. The topological polar surface area (TPSA) is 102 Å². The number of carbonyl (C=O) groups excluding carboxylic acids is 2. The standard InChI is InChI=1S/C26H36N4O4/c1-15-8-9-19(28-26(33)29-24(31)17-6-5-7-20(11-17)34-4)13-21(15)22-12-18-14-27-16(2)10-23(18)30(3)25(22)32/h10,12,14-15,17,19-21H,5-9,11,13H2,1-4H3,(H2,28,29,31,33). The van der Waals surface area contributed by atoms with E-state index in [1.54, 1.807) is 18.7 Å². The number of rotatable bonds is 4. The Morgan fingerprint density at radius 3 is 2.71 bits per heavy atom. The summed E-state index contributed by atoms with van der Waals surface area (Å²) in [5.74, 6) is -0.0768. The fourth-order valence-corrected chi connectivity index (χ4v) is 5.67. The number of urea groups is 1. The number of methoxy groups -OCH3 is 1. The monoisotopic (exact) mass is 468 g/mol. The average Bonchev–Trinajstić information content (AvgIpc) is 2.83. The van der Waals surface area contributed by atoms with E-state index in [4.69, 9.17) is 4.74 Å². The second kappa shape index (κ2) is 10.3. The van der Waals surface area contributed by atoms with Crippen LogP contribution in [0.5, 0.6) is 0 Å². The van der Waals surface area contributed by atoms with E-state index in [1.807, 2.05) is 25.3 Å². The Kier molecular flexibility index (Phi) is 7.36. The number of carbonyl (C=O) groups is 2. The molecule has 0 saturated heterocycles. The van der Waals surface area contributed by atoms with Crippen LogP contribution in [0, 0.1) is 18.8 Å². The molecule has 5 atom stereocenters. The fraction of sp³-hybridized carbons (Fsp3) is 0.615. The van der Waals surface area contributed by atoms with E-state index in [2.05, 4.69) is 22.5 Å². The van der Waals surface area contributed by atoms with Gasteiger partial charge in [0.05, 0.1) is 11.6 Å². The molecule has 4 rings (SSSR count). The lowest BCUT2D eigenvalue weighted by Crippen LogP contribution is -2.49. The third-order valence-corrected chi connectivity index (χ3v) is 7.77. The number of imide groups is 1. The van der Waals surface area contributed by atoms with Crippen LogP contribution >= 0.6 is 0 Å². The molecule has 3 amide bonds. The van der Waals surface area contributed by atoms with E-state index < -0.39 is 6.03 Å². The number of fused-ring (bicyclic) bond motifs is 1. The highest BCUT2D eigenvalue weighted by Crippen LogP contribution is 2.37. The van der Waals surface area contributed by atoms with Crippen molar-refractivity contribution in [2.75, 3.05) is 7.11 Å². The summed E-state index contributed by atoms with van der Waals surface area (Å²) in [4.78, 5) is 42.8. The van der Waals surface area contributed by atoms with Crippen molar-refractivity contribution in [1.29, 1.82) is 0 Å². The molecule has 34 heavy (non-hydrogen) atoms. The van der Waals surface area contributed by atoms with Crippen molar-refractivity contribution in [1.82, 2.24) is 20.2 Å². The minimum Gasteiger partial charge on any atom is -0.381 e. The highest BCUT2D eigenvalue weighted by Gasteiger charge is 2.33. The van der Waals surface area contributed by atoms with Gasteiger partial charge in [0.1, 0.15) is 0 Å². The van der Waals surface area contributed by atoms with E-state index in [-0.39, 0.29) is 35.4 Å². The van der Waals surface area contributed by atoms with Gasteiger partial charge >= 0.3 is 6.03 Å². The maximum absolute atomic E-state index is 13.2. The van der Waals surface area contributed by atoms with Gasteiger partial charge in [0.25, 0.3) is 5.56 Å². The van der Waals surface area contributed by atoms with Crippen molar-refractivity contribution < 1.29 is 14.3 Å². The number of pyridine rings is 2. The van der Waals surface area contributed by atoms with Crippen LogP contribution in [-0.2, 0) is 16.6 Å². The Hall–Kier alpha value is -2.74. The lowest BCUT2D eigenvalue weighted by molar-refractivity contribution is -0.126. The molecular formula is C26H36N4O4. The first-order chi connectivity index (χ1) is 16.3. The quantitative estimate of drug-likeness (QED) is 0.715. The minimum atomic E-state index is -0.450. The van der Waals surface area contributed by atoms with Crippen LogP contribution in [0.3, 0.4) is 0 Å². The summed E-state index contributed by atoms with van der Waals surface area (Å²) in [5.41, 5.74) is 2.51. The molecule has 8 heteroatoms. The van der Waals surface area contributed by atoms with Crippen molar-refractivity contribution in [3.8, 4) is 0 Å². The van der Waals surface area contributed by atoms with Gasteiger partial charge in [-0.15, -0.1) is 0 Å². The van der Waals surface area contributed by atoms with Gasteiger partial charge in [-0.25, -0.2) is 4.79 Å². The lowest BCUT2D eigenvalue weighted by Gasteiger charge is -2.35. The molecule has 2 heterocycles. The molecule has 2 saturated carbocycles. The number of aromatic nitrogens is 2. The zero-order valence-corrected chi connectivity index (χ0v) is 20.6. The Labute approximate surface area is 200 Å². The van der Waals surface area contributed by atoms with E-state index in [9.17, 15) is 14.4 Å². The van der Waals surface area contributed by atoms with Gasteiger partial charge in [0.15, 0.2) is 0 Å². The van der Waals surface area contributed by atoms with Crippen molar-refractivity contribution in [3.05, 3.63) is 39.9 Å². The smallest absolute Gasteiger partial charge is 0.321 e. The molecule has 2 aromatic heterocycles. The molecule has 184 valence electrons. The van der Waals surface area contributed by atoms with E-state index in [0.717, 1.165) is 54.3 Å². The van der Waals surface area contributed by atoms with E-state index in [1.165, 1.54) is 0 Å². The van der Waals surface area contributed by atoms with Gasteiger partial charge in [-0.05, 0) is 69.4 Å². The van der Waals surface area contributed by atoms with Gasteiger partial charge in [-0.1, -0.05) is 13.3 Å². The Bertz CT molecular complexity index is 1130. The van der Waals surface area contributed by atoms with Crippen LogP contribution in [0.4, 0.5) is 4.79 Å². The van der Waals surface area contributed by atoms with Gasteiger partial charge in [0.2, 0.25) is 5.91 Å². The third kappa shape index (κ3) is 5.17. The molecule has 0 spiro atoms. The molecule has 0 bridgehead atoms. The van der Waals surface area contributed by atoms with Crippen molar-refractivity contribution in [3.63, 3.8) is 0 Å². The van der Waals surface area contributed by atoms with Crippen LogP contribution in [0.1, 0.15) is 69.0 Å². The zero-order chi connectivity index (χ0) is 24.4. The molecule has 0 aromatic carbocycles. The highest BCUT2D eigenvalue weighted by atomic mass is 16.5.